The first-order valence-corrected chi connectivity index (χ1v) is 10.7. The summed E-state index contributed by atoms with van der Waals surface area (Å²) in [6, 6.07) is 10.1. The van der Waals surface area contributed by atoms with Crippen molar-refractivity contribution in [1.29, 1.82) is 0 Å². The molecule has 1 aromatic carbocycles. The van der Waals surface area contributed by atoms with Crippen LogP contribution in [0.25, 0.3) is 0 Å². The van der Waals surface area contributed by atoms with Crippen LogP contribution in [-0.4, -0.2) is 54.3 Å². The molecule has 0 aliphatic carbocycles. The third-order valence-corrected chi connectivity index (χ3v) is 5.37. The highest BCUT2D eigenvalue weighted by Gasteiger charge is 2.30. The first kappa shape index (κ1) is 22.4. The Morgan fingerprint density at radius 2 is 2.10 bits per heavy atom. The highest BCUT2D eigenvalue weighted by Crippen LogP contribution is 2.30. The van der Waals surface area contributed by atoms with Gasteiger partial charge in [-0.05, 0) is 69.5 Å². The number of aryl methyl sites for hydroxylation is 1. The van der Waals surface area contributed by atoms with E-state index in [1.807, 2.05) is 68.8 Å². The van der Waals surface area contributed by atoms with Gasteiger partial charge in [-0.2, -0.15) is 0 Å². The normalized spacial score (nSPS) is 17.0. The largest absolute Gasteiger partial charge is 0.444 e. The molecule has 1 aliphatic heterocycles. The third kappa shape index (κ3) is 5.64. The number of amides is 1. The van der Waals surface area contributed by atoms with Crippen LogP contribution in [-0.2, 0) is 11.2 Å². The maximum Gasteiger partial charge on any atom is 0.410 e. The molecule has 162 valence electrons. The standard InChI is InChI=1S/C23H31ClN4O2/c1-16-6-7-20(19(24)12-16)27(5)21-14-17(8-9-26-21)13-18-15-25-10-11-28(18)22(29)30-23(2,3)4/h6-9,12,14,18,25H,10-11,13,15H2,1-5H3. The van der Waals surface area contributed by atoms with E-state index in [1.165, 1.54) is 0 Å². The number of rotatable bonds is 4. The molecule has 1 amide bonds. The number of piperazine rings is 1. The number of pyridine rings is 1. The van der Waals surface area contributed by atoms with E-state index in [9.17, 15) is 4.79 Å². The van der Waals surface area contributed by atoms with Crippen molar-refractivity contribution in [3.63, 3.8) is 0 Å². The topological polar surface area (TPSA) is 57.7 Å². The van der Waals surface area contributed by atoms with Crippen LogP contribution in [0.2, 0.25) is 5.02 Å². The Bertz CT molecular complexity index is 897. The van der Waals surface area contributed by atoms with Crippen LogP contribution in [0.4, 0.5) is 16.3 Å². The second kappa shape index (κ2) is 9.23. The molecule has 0 saturated carbocycles. The molecule has 1 atom stereocenters. The Labute approximate surface area is 184 Å². The molecule has 1 aromatic heterocycles. The van der Waals surface area contributed by atoms with Gasteiger partial charge in [0.1, 0.15) is 11.4 Å². The summed E-state index contributed by atoms with van der Waals surface area (Å²) in [6.45, 7) is 9.83. The predicted molar refractivity (Wildman–Crippen MR) is 122 cm³/mol. The zero-order valence-electron chi connectivity index (χ0n) is 18.4. The number of carbonyl (C=O) groups excluding carboxylic acids is 1. The highest BCUT2D eigenvalue weighted by atomic mass is 35.5. The average molecular weight is 431 g/mol. The van der Waals surface area contributed by atoms with E-state index in [0.29, 0.717) is 11.6 Å². The minimum absolute atomic E-state index is 0.0251. The lowest BCUT2D eigenvalue weighted by Gasteiger charge is -2.37. The molecule has 1 fully saturated rings. The molecule has 2 aromatic rings. The number of carbonyl (C=O) groups is 1. The molecule has 1 N–H and O–H groups in total. The van der Waals surface area contributed by atoms with Gasteiger partial charge in [0.15, 0.2) is 0 Å². The predicted octanol–water partition coefficient (Wildman–Crippen LogP) is 4.56. The quantitative estimate of drug-likeness (QED) is 0.770. The number of anilines is 2. The minimum atomic E-state index is -0.508. The summed E-state index contributed by atoms with van der Waals surface area (Å²) in [5.41, 5.74) is 2.62. The van der Waals surface area contributed by atoms with E-state index in [4.69, 9.17) is 16.3 Å². The highest BCUT2D eigenvalue weighted by molar-refractivity contribution is 6.33. The second-order valence-electron chi connectivity index (χ2n) is 8.77. The summed E-state index contributed by atoms with van der Waals surface area (Å²) in [5, 5.41) is 4.08. The van der Waals surface area contributed by atoms with E-state index in [2.05, 4.69) is 16.4 Å². The van der Waals surface area contributed by atoms with Crippen LogP contribution < -0.4 is 10.2 Å². The lowest BCUT2D eigenvalue weighted by Crippen LogP contribution is -2.55. The molecule has 30 heavy (non-hydrogen) atoms. The fraction of sp³-hybridized carbons (Fsp3) is 0.478. The van der Waals surface area contributed by atoms with Crippen LogP contribution in [0.3, 0.4) is 0 Å². The van der Waals surface area contributed by atoms with Crippen LogP contribution in [0, 0.1) is 6.92 Å². The van der Waals surface area contributed by atoms with Crippen molar-refractivity contribution in [1.82, 2.24) is 15.2 Å². The summed E-state index contributed by atoms with van der Waals surface area (Å²) in [4.78, 5) is 21.0. The van der Waals surface area contributed by atoms with Crippen LogP contribution in [0.5, 0.6) is 0 Å². The van der Waals surface area contributed by atoms with Gasteiger partial charge in [-0.1, -0.05) is 17.7 Å². The van der Waals surface area contributed by atoms with E-state index in [-0.39, 0.29) is 12.1 Å². The van der Waals surface area contributed by atoms with E-state index < -0.39 is 5.60 Å². The lowest BCUT2D eigenvalue weighted by atomic mass is 10.0. The Kier molecular flexibility index (Phi) is 6.88. The van der Waals surface area contributed by atoms with Crippen molar-refractivity contribution in [2.75, 3.05) is 31.6 Å². The molecule has 0 spiro atoms. The Morgan fingerprint density at radius 3 is 2.80 bits per heavy atom. The Morgan fingerprint density at radius 1 is 1.33 bits per heavy atom. The van der Waals surface area contributed by atoms with E-state index in [1.54, 1.807) is 6.20 Å². The minimum Gasteiger partial charge on any atom is -0.444 e. The fourth-order valence-electron chi connectivity index (χ4n) is 3.55. The molecule has 3 rings (SSSR count). The van der Waals surface area contributed by atoms with Crippen molar-refractivity contribution in [2.24, 2.45) is 0 Å². The Hall–Kier alpha value is -2.31. The third-order valence-electron chi connectivity index (χ3n) is 5.07. The van der Waals surface area contributed by atoms with Crippen molar-refractivity contribution in [3.8, 4) is 0 Å². The SMILES string of the molecule is Cc1ccc(N(C)c2cc(CC3CNCCN3C(=O)OC(C)(C)C)ccn2)c(Cl)c1. The number of halogens is 1. The molecule has 1 aliphatic rings. The average Bonchev–Trinajstić information content (AvgIpc) is 2.67. The number of hydrogen-bond acceptors (Lipinski definition) is 5. The van der Waals surface area contributed by atoms with Crippen LogP contribution in [0.15, 0.2) is 36.5 Å². The number of ether oxygens (including phenoxy) is 1. The molecular weight excluding hydrogens is 400 g/mol. The monoisotopic (exact) mass is 430 g/mol. The number of benzene rings is 1. The van der Waals surface area contributed by atoms with Crippen molar-refractivity contribution in [3.05, 3.63) is 52.7 Å². The van der Waals surface area contributed by atoms with Crippen molar-refractivity contribution >= 4 is 29.2 Å². The first-order valence-electron chi connectivity index (χ1n) is 10.3. The molecule has 1 unspecified atom stereocenters. The molecule has 2 heterocycles. The summed E-state index contributed by atoms with van der Waals surface area (Å²) < 4.78 is 5.61. The van der Waals surface area contributed by atoms with Gasteiger partial charge < -0.3 is 19.9 Å². The number of nitrogens with one attached hydrogen (secondary N) is 1. The van der Waals surface area contributed by atoms with Crippen LogP contribution >= 0.6 is 11.6 Å². The van der Waals surface area contributed by atoms with E-state index in [0.717, 1.165) is 42.1 Å². The fourth-order valence-corrected chi connectivity index (χ4v) is 3.92. The lowest BCUT2D eigenvalue weighted by molar-refractivity contribution is 0.0122. The summed E-state index contributed by atoms with van der Waals surface area (Å²) in [7, 11) is 1.96. The van der Waals surface area contributed by atoms with Gasteiger partial charge in [0.2, 0.25) is 0 Å². The number of hydrogen-bond donors (Lipinski definition) is 1. The van der Waals surface area contributed by atoms with Gasteiger partial charge >= 0.3 is 6.09 Å². The van der Waals surface area contributed by atoms with Crippen molar-refractivity contribution < 1.29 is 9.53 Å². The number of nitrogens with zero attached hydrogens (tertiary/aromatic N) is 3. The maximum atomic E-state index is 12.7. The van der Waals surface area contributed by atoms with Gasteiger partial charge in [0.25, 0.3) is 0 Å². The van der Waals surface area contributed by atoms with Gasteiger partial charge in [-0.15, -0.1) is 0 Å². The van der Waals surface area contributed by atoms with Gasteiger partial charge in [0.05, 0.1) is 16.8 Å². The Balaban J connectivity index is 1.77. The van der Waals surface area contributed by atoms with Gasteiger partial charge in [-0.3, -0.25) is 0 Å². The smallest absolute Gasteiger partial charge is 0.410 e. The number of aromatic nitrogens is 1. The molecule has 7 heteroatoms. The molecular formula is C23H31ClN4O2. The zero-order chi connectivity index (χ0) is 21.9. The second-order valence-corrected chi connectivity index (χ2v) is 9.18. The molecule has 1 saturated heterocycles. The molecule has 0 bridgehead atoms. The zero-order valence-corrected chi connectivity index (χ0v) is 19.2. The van der Waals surface area contributed by atoms with Gasteiger partial charge in [-0.25, -0.2) is 9.78 Å². The molecule has 6 nitrogen and oxygen atoms in total. The summed E-state index contributed by atoms with van der Waals surface area (Å²) >= 11 is 6.44. The summed E-state index contributed by atoms with van der Waals surface area (Å²) in [6.07, 6.45) is 2.26. The first-order chi connectivity index (χ1) is 14.1. The maximum absolute atomic E-state index is 12.7. The van der Waals surface area contributed by atoms with Gasteiger partial charge in [0, 0.05) is 32.9 Å². The molecule has 0 radical (unpaired) electrons. The van der Waals surface area contributed by atoms with Crippen molar-refractivity contribution in [2.45, 2.75) is 45.8 Å². The summed E-state index contributed by atoms with van der Waals surface area (Å²) in [5.74, 6) is 0.811. The van der Waals surface area contributed by atoms with E-state index >= 15 is 0 Å². The van der Waals surface area contributed by atoms with Crippen LogP contribution in [0.1, 0.15) is 31.9 Å².